The second-order valence-electron chi connectivity index (χ2n) is 5.33. The molecule has 0 fully saturated rings. The molecular weight excluding hydrogens is 449 g/mol. The fourth-order valence-electron chi connectivity index (χ4n) is 2.02. The average molecular weight is 481 g/mol. The van der Waals surface area contributed by atoms with Crippen LogP contribution in [0, 0.1) is 0 Å². The molecule has 0 saturated heterocycles. The third-order valence-corrected chi connectivity index (χ3v) is 3.22. The predicted molar refractivity (Wildman–Crippen MR) is 115 cm³/mol. The highest BCUT2D eigenvalue weighted by atomic mass is 127. The zero-order valence-electron chi connectivity index (χ0n) is 16.1. The maximum Gasteiger partial charge on any atom is 0.191 e. The summed E-state index contributed by atoms with van der Waals surface area (Å²) in [7, 11) is 3.29. The SMILES string of the molecule is CCNC(=NCC(C)Oc1ccccc1OC)NCCOCCOC.I. The lowest BCUT2D eigenvalue weighted by Crippen LogP contribution is -2.39. The van der Waals surface area contributed by atoms with Crippen molar-refractivity contribution in [2.45, 2.75) is 20.0 Å². The zero-order chi connectivity index (χ0) is 18.3. The molecule has 0 heterocycles. The molecule has 1 aromatic rings. The number of halogens is 1. The first-order valence-electron chi connectivity index (χ1n) is 8.59. The average Bonchev–Trinajstić information content (AvgIpc) is 2.63. The summed E-state index contributed by atoms with van der Waals surface area (Å²) in [5, 5.41) is 6.44. The van der Waals surface area contributed by atoms with Crippen LogP contribution >= 0.6 is 24.0 Å². The van der Waals surface area contributed by atoms with Crippen LogP contribution in [0.5, 0.6) is 11.5 Å². The van der Waals surface area contributed by atoms with Crippen LogP contribution in [-0.2, 0) is 9.47 Å². The van der Waals surface area contributed by atoms with Crippen molar-refractivity contribution in [3.8, 4) is 11.5 Å². The Labute approximate surface area is 173 Å². The molecule has 150 valence electrons. The second-order valence-corrected chi connectivity index (χ2v) is 5.33. The number of para-hydroxylation sites is 2. The summed E-state index contributed by atoms with van der Waals surface area (Å²) >= 11 is 0. The topological polar surface area (TPSA) is 73.3 Å². The Morgan fingerprint density at radius 1 is 1.08 bits per heavy atom. The molecule has 0 bridgehead atoms. The number of benzene rings is 1. The van der Waals surface area contributed by atoms with Crippen molar-refractivity contribution in [3.05, 3.63) is 24.3 Å². The van der Waals surface area contributed by atoms with Crippen molar-refractivity contribution in [2.24, 2.45) is 4.99 Å². The minimum atomic E-state index is -0.0790. The van der Waals surface area contributed by atoms with Crippen LogP contribution < -0.4 is 20.1 Å². The molecule has 0 radical (unpaired) electrons. The van der Waals surface area contributed by atoms with Gasteiger partial charge in [0.05, 0.1) is 33.5 Å². The van der Waals surface area contributed by atoms with E-state index < -0.39 is 0 Å². The maximum absolute atomic E-state index is 5.91. The van der Waals surface area contributed by atoms with E-state index in [2.05, 4.69) is 15.6 Å². The van der Waals surface area contributed by atoms with E-state index in [1.165, 1.54) is 0 Å². The molecule has 0 aliphatic rings. The van der Waals surface area contributed by atoms with Crippen LogP contribution in [0.25, 0.3) is 0 Å². The van der Waals surface area contributed by atoms with Gasteiger partial charge in [0.25, 0.3) is 0 Å². The van der Waals surface area contributed by atoms with Gasteiger partial charge in [-0.1, -0.05) is 12.1 Å². The van der Waals surface area contributed by atoms with Crippen molar-refractivity contribution >= 4 is 29.9 Å². The standard InChI is InChI=1S/C18H31N3O4.HI/c1-5-19-18(20-10-11-24-13-12-22-3)21-14-15(2)25-17-9-7-6-8-16(17)23-4;/h6-9,15H,5,10-14H2,1-4H3,(H2,19,20,21);1H. The Bertz CT molecular complexity index is 503. The van der Waals surface area contributed by atoms with E-state index in [1.54, 1.807) is 14.2 Å². The van der Waals surface area contributed by atoms with Gasteiger partial charge in [0.15, 0.2) is 17.5 Å². The number of methoxy groups -OCH3 is 2. The molecule has 8 heteroatoms. The number of guanidine groups is 1. The molecule has 0 amide bonds. The Hall–Kier alpha value is -1.26. The van der Waals surface area contributed by atoms with Gasteiger partial charge in [0.1, 0.15) is 6.10 Å². The molecule has 0 aromatic heterocycles. The lowest BCUT2D eigenvalue weighted by atomic mass is 10.3. The van der Waals surface area contributed by atoms with Crippen molar-refractivity contribution in [1.29, 1.82) is 0 Å². The summed E-state index contributed by atoms with van der Waals surface area (Å²) in [6.45, 7) is 7.80. The summed E-state index contributed by atoms with van der Waals surface area (Å²) in [4.78, 5) is 4.55. The number of nitrogens with one attached hydrogen (secondary N) is 2. The molecule has 0 saturated carbocycles. The van der Waals surface area contributed by atoms with Crippen molar-refractivity contribution in [3.63, 3.8) is 0 Å². The summed E-state index contributed by atoms with van der Waals surface area (Å²) in [6, 6.07) is 7.60. The van der Waals surface area contributed by atoms with Gasteiger partial charge in [-0.2, -0.15) is 0 Å². The summed E-state index contributed by atoms with van der Waals surface area (Å²) < 4.78 is 21.6. The van der Waals surface area contributed by atoms with Crippen LogP contribution in [0.3, 0.4) is 0 Å². The van der Waals surface area contributed by atoms with Crippen molar-refractivity contribution in [2.75, 3.05) is 53.7 Å². The number of hydrogen-bond acceptors (Lipinski definition) is 5. The first-order chi connectivity index (χ1) is 12.2. The highest BCUT2D eigenvalue weighted by molar-refractivity contribution is 14.0. The Morgan fingerprint density at radius 2 is 1.81 bits per heavy atom. The molecule has 0 spiro atoms. The van der Waals surface area contributed by atoms with E-state index >= 15 is 0 Å². The molecule has 1 atom stereocenters. The molecule has 1 aromatic carbocycles. The lowest BCUT2D eigenvalue weighted by Gasteiger charge is -2.16. The van der Waals surface area contributed by atoms with Crippen LogP contribution in [0.4, 0.5) is 0 Å². The summed E-state index contributed by atoms with van der Waals surface area (Å²) in [6.07, 6.45) is -0.0790. The smallest absolute Gasteiger partial charge is 0.191 e. The molecule has 1 rings (SSSR count). The first-order valence-corrected chi connectivity index (χ1v) is 8.59. The van der Waals surface area contributed by atoms with E-state index in [0.29, 0.717) is 32.9 Å². The van der Waals surface area contributed by atoms with Gasteiger partial charge in [-0.25, -0.2) is 4.99 Å². The molecule has 0 aliphatic carbocycles. The fraction of sp³-hybridized carbons (Fsp3) is 0.611. The maximum atomic E-state index is 5.91. The molecule has 7 nitrogen and oxygen atoms in total. The van der Waals surface area contributed by atoms with E-state index in [0.717, 1.165) is 24.0 Å². The molecule has 1 unspecified atom stereocenters. The number of nitrogens with zero attached hydrogens (tertiary/aromatic N) is 1. The number of aliphatic imine (C=N–C) groups is 1. The molecule has 26 heavy (non-hydrogen) atoms. The Balaban J connectivity index is 0.00000625. The van der Waals surface area contributed by atoms with Gasteiger partial charge < -0.3 is 29.6 Å². The van der Waals surface area contributed by atoms with Gasteiger partial charge in [-0.15, -0.1) is 24.0 Å². The highest BCUT2D eigenvalue weighted by Crippen LogP contribution is 2.26. The Kier molecular flexibility index (Phi) is 15.2. The second kappa shape index (κ2) is 16.0. The highest BCUT2D eigenvalue weighted by Gasteiger charge is 2.08. The largest absolute Gasteiger partial charge is 0.493 e. The Morgan fingerprint density at radius 3 is 2.46 bits per heavy atom. The van der Waals surface area contributed by atoms with E-state index in [4.69, 9.17) is 18.9 Å². The fourth-order valence-corrected chi connectivity index (χ4v) is 2.02. The monoisotopic (exact) mass is 481 g/mol. The molecule has 0 aliphatic heterocycles. The normalized spacial score (nSPS) is 12.1. The minimum absolute atomic E-state index is 0. The minimum Gasteiger partial charge on any atom is -0.493 e. The zero-order valence-corrected chi connectivity index (χ0v) is 18.4. The van der Waals surface area contributed by atoms with Crippen LogP contribution in [0.15, 0.2) is 29.3 Å². The number of ether oxygens (including phenoxy) is 4. The third-order valence-electron chi connectivity index (χ3n) is 3.22. The quantitative estimate of drug-likeness (QED) is 0.207. The van der Waals surface area contributed by atoms with Crippen LogP contribution in [0.1, 0.15) is 13.8 Å². The predicted octanol–water partition coefficient (Wildman–Crippen LogP) is 2.30. The van der Waals surface area contributed by atoms with E-state index in [-0.39, 0.29) is 30.1 Å². The number of hydrogen-bond donors (Lipinski definition) is 2. The lowest BCUT2D eigenvalue weighted by molar-refractivity contribution is 0.0733. The summed E-state index contributed by atoms with van der Waals surface area (Å²) in [5.41, 5.74) is 0. The summed E-state index contributed by atoms with van der Waals surface area (Å²) in [5.74, 6) is 2.18. The van der Waals surface area contributed by atoms with Crippen molar-refractivity contribution in [1.82, 2.24) is 10.6 Å². The van der Waals surface area contributed by atoms with Gasteiger partial charge in [-0.05, 0) is 26.0 Å². The van der Waals surface area contributed by atoms with Gasteiger partial charge in [-0.3, -0.25) is 0 Å². The molecular formula is C18H32IN3O4. The van der Waals surface area contributed by atoms with E-state index in [9.17, 15) is 0 Å². The van der Waals surface area contributed by atoms with Gasteiger partial charge in [0.2, 0.25) is 0 Å². The molecule has 2 N–H and O–H groups in total. The van der Waals surface area contributed by atoms with Crippen molar-refractivity contribution < 1.29 is 18.9 Å². The third kappa shape index (κ3) is 10.7. The van der Waals surface area contributed by atoms with Gasteiger partial charge in [0, 0.05) is 20.2 Å². The van der Waals surface area contributed by atoms with E-state index in [1.807, 2.05) is 38.1 Å². The first kappa shape index (κ1) is 24.7. The number of rotatable bonds is 12. The van der Waals surface area contributed by atoms with Gasteiger partial charge >= 0.3 is 0 Å². The van der Waals surface area contributed by atoms with Crippen LogP contribution in [0.2, 0.25) is 0 Å². The van der Waals surface area contributed by atoms with Crippen LogP contribution in [-0.4, -0.2) is 65.7 Å².